The molecule has 0 saturated carbocycles. The Morgan fingerprint density at radius 2 is 1.95 bits per heavy atom. The van der Waals surface area contributed by atoms with Gasteiger partial charge in [-0.1, -0.05) is 12.1 Å². The van der Waals surface area contributed by atoms with Crippen molar-refractivity contribution in [2.45, 2.75) is 17.9 Å². The lowest BCUT2D eigenvalue weighted by atomic mass is 10.2. The van der Waals surface area contributed by atoms with Crippen molar-refractivity contribution in [1.29, 1.82) is 0 Å². The normalized spacial score (nSPS) is 13.2. The van der Waals surface area contributed by atoms with Crippen molar-refractivity contribution in [3.63, 3.8) is 0 Å². The molecule has 2 aromatic rings. The van der Waals surface area contributed by atoms with E-state index in [0.717, 1.165) is 5.56 Å². The largest absolute Gasteiger partial charge is 0.387 e. The van der Waals surface area contributed by atoms with Crippen LogP contribution in [0.5, 0.6) is 0 Å². The molecule has 0 fully saturated rings. The fraction of sp³-hybridized carbons (Fsp3) is 0.231. The van der Waals surface area contributed by atoms with E-state index in [1.807, 2.05) is 23.8 Å². The number of rotatable bonds is 5. The van der Waals surface area contributed by atoms with Gasteiger partial charge in [-0.15, -0.1) is 0 Å². The molecule has 19 heavy (non-hydrogen) atoms. The summed E-state index contributed by atoms with van der Waals surface area (Å²) in [4.78, 5) is 0.263. The molecule has 0 radical (unpaired) electrons. The van der Waals surface area contributed by atoms with Crippen LogP contribution in [-0.2, 0) is 10.0 Å². The van der Waals surface area contributed by atoms with E-state index in [4.69, 9.17) is 0 Å². The molecule has 0 aliphatic rings. The molecule has 0 aliphatic carbocycles. The van der Waals surface area contributed by atoms with E-state index in [9.17, 15) is 8.42 Å². The van der Waals surface area contributed by atoms with Gasteiger partial charge >= 0.3 is 0 Å². The van der Waals surface area contributed by atoms with E-state index in [1.54, 1.807) is 42.6 Å². The molecular formula is C13H16N2O2S2. The Kier molecular flexibility index (Phi) is 4.24. The molecule has 2 N–H and O–H groups in total. The summed E-state index contributed by atoms with van der Waals surface area (Å²) in [5.41, 5.74) is 1.56. The first-order valence-electron chi connectivity index (χ1n) is 5.86. The van der Waals surface area contributed by atoms with Gasteiger partial charge in [0.2, 0.25) is 10.0 Å². The first-order valence-corrected chi connectivity index (χ1v) is 8.28. The molecule has 0 aliphatic heterocycles. The van der Waals surface area contributed by atoms with Gasteiger partial charge in [-0.25, -0.2) is 13.1 Å². The maximum Gasteiger partial charge on any atom is 0.243 e. The molecule has 0 amide bonds. The van der Waals surface area contributed by atoms with Crippen LogP contribution in [-0.4, -0.2) is 15.5 Å². The number of thiophene rings is 1. The zero-order valence-corrected chi connectivity index (χ0v) is 12.4. The molecule has 0 bridgehead atoms. The van der Waals surface area contributed by atoms with Gasteiger partial charge in [0, 0.05) is 13.1 Å². The average Bonchev–Trinajstić information content (AvgIpc) is 2.92. The molecule has 1 atom stereocenters. The Morgan fingerprint density at radius 3 is 2.58 bits per heavy atom. The summed E-state index contributed by atoms with van der Waals surface area (Å²) in [6.45, 7) is 1.83. The lowest BCUT2D eigenvalue weighted by Gasteiger charge is -2.15. The Hall–Kier alpha value is -1.37. The van der Waals surface area contributed by atoms with Crippen LogP contribution in [0.15, 0.2) is 46.0 Å². The Bertz CT molecular complexity index is 636. The molecule has 1 heterocycles. The highest BCUT2D eigenvalue weighted by Crippen LogP contribution is 2.23. The van der Waals surface area contributed by atoms with Crippen LogP contribution in [0.2, 0.25) is 0 Å². The molecule has 2 rings (SSSR count). The quantitative estimate of drug-likeness (QED) is 0.892. The standard InChI is InChI=1S/C13H16N2O2S2/c1-10(11-7-8-18-9-11)15-19(16,17)13-6-4-3-5-12(13)14-2/h3-10,14-15H,1-2H3. The summed E-state index contributed by atoms with van der Waals surface area (Å²) in [7, 11) is -1.83. The third kappa shape index (κ3) is 3.15. The van der Waals surface area contributed by atoms with E-state index in [0.29, 0.717) is 5.69 Å². The van der Waals surface area contributed by atoms with Gasteiger partial charge in [-0.05, 0) is 41.4 Å². The van der Waals surface area contributed by atoms with E-state index in [-0.39, 0.29) is 10.9 Å². The molecule has 102 valence electrons. The molecule has 4 nitrogen and oxygen atoms in total. The molecular weight excluding hydrogens is 280 g/mol. The Morgan fingerprint density at radius 1 is 1.21 bits per heavy atom. The molecule has 1 aromatic carbocycles. The number of benzene rings is 1. The molecule has 0 saturated heterocycles. The summed E-state index contributed by atoms with van der Waals surface area (Å²) >= 11 is 1.55. The fourth-order valence-electron chi connectivity index (χ4n) is 1.79. The minimum Gasteiger partial charge on any atom is -0.387 e. The van der Waals surface area contributed by atoms with Gasteiger partial charge in [-0.3, -0.25) is 0 Å². The highest BCUT2D eigenvalue weighted by molar-refractivity contribution is 7.89. The number of hydrogen-bond donors (Lipinski definition) is 2. The van der Waals surface area contributed by atoms with Crippen LogP contribution >= 0.6 is 11.3 Å². The van der Waals surface area contributed by atoms with Crippen LogP contribution in [0, 0.1) is 0 Å². The van der Waals surface area contributed by atoms with Crippen LogP contribution in [0.4, 0.5) is 5.69 Å². The molecule has 1 aromatic heterocycles. The first-order chi connectivity index (χ1) is 9.04. The van der Waals surface area contributed by atoms with Crippen molar-refractivity contribution in [2.75, 3.05) is 12.4 Å². The number of anilines is 1. The predicted octanol–water partition coefficient (Wildman–Crippen LogP) is 2.83. The van der Waals surface area contributed by atoms with Gasteiger partial charge in [0.25, 0.3) is 0 Å². The number of para-hydroxylation sites is 1. The maximum absolute atomic E-state index is 12.4. The number of sulfonamides is 1. The molecule has 1 unspecified atom stereocenters. The zero-order valence-electron chi connectivity index (χ0n) is 10.8. The smallest absolute Gasteiger partial charge is 0.243 e. The highest BCUT2D eigenvalue weighted by Gasteiger charge is 2.21. The van der Waals surface area contributed by atoms with Crippen LogP contribution < -0.4 is 10.0 Å². The highest BCUT2D eigenvalue weighted by atomic mass is 32.2. The SMILES string of the molecule is CNc1ccccc1S(=O)(=O)NC(C)c1ccsc1. The summed E-state index contributed by atoms with van der Waals surface area (Å²) in [5, 5.41) is 6.77. The third-order valence-electron chi connectivity index (χ3n) is 2.82. The van der Waals surface area contributed by atoms with Crippen molar-refractivity contribution < 1.29 is 8.42 Å². The van der Waals surface area contributed by atoms with Crippen molar-refractivity contribution in [2.24, 2.45) is 0 Å². The van der Waals surface area contributed by atoms with Crippen molar-refractivity contribution in [1.82, 2.24) is 4.72 Å². The topological polar surface area (TPSA) is 58.2 Å². The fourth-order valence-corrected chi connectivity index (χ4v) is 3.99. The first kappa shape index (κ1) is 14.0. The van der Waals surface area contributed by atoms with E-state index in [1.165, 1.54) is 0 Å². The monoisotopic (exact) mass is 296 g/mol. The Labute approximate surface area is 117 Å². The zero-order chi connectivity index (χ0) is 13.9. The predicted molar refractivity (Wildman–Crippen MR) is 79.0 cm³/mol. The van der Waals surface area contributed by atoms with Crippen LogP contribution in [0.1, 0.15) is 18.5 Å². The summed E-state index contributed by atoms with van der Waals surface area (Å²) in [6.07, 6.45) is 0. The summed E-state index contributed by atoms with van der Waals surface area (Å²) < 4.78 is 27.4. The summed E-state index contributed by atoms with van der Waals surface area (Å²) in [6, 6.07) is 8.51. The van der Waals surface area contributed by atoms with Crippen LogP contribution in [0.3, 0.4) is 0 Å². The Balaban J connectivity index is 2.28. The van der Waals surface area contributed by atoms with E-state index in [2.05, 4.69) is 10.0 Å². The average molecular weight is 296 g/mol. The number of nitrogens with one attached hydrogen (secondary N) is 2. The van der Waals surface area contributed by atoms with Gasteiger partial charge < -0.3 is 5.32 Å². The van der Waals surface area contributed by atoms with Gasteiger partial charge in [-0.2, -0.15) is 11.3 Å². The number of hydrogen-bond acceptors (Lipinski definition) is 4. The summed E-state index contributed by atoms with van der Waals surface area (Å²) in [5.74, 6) is 0. The van der Waals surface area contributed by atoms with Gasteiger partial charge in [0.1, 0.15) is 4.90 Å². The van der Waals surface area contributed by atoms with E-state index >= 15 is 0 Å². The van der Waals surface area contributed by atoms with Crippen LogP contribution in [0.25, 0.3) is 0 Å². The van der Waals surface area contributed by atoms with Crippen molar-refractivity contribution in [3.05, 3.63) is 46.7 Å². The molecule has 6 heteroatoms. The minimum atomic E-state index is -3.54. The van der Waals surface area contributed by atoms with Gasteiger partial charge in [0.05, 0.1) is 5.69 Å². The second-order valence-corrected chi connectivity index (χ2v) is 6.61. The third-order valence-corrected chi connectivity index (χ3v) is 5.12. The lowest BCUT2D eigenvalue weighted by molar-refractivity contribution is 0.567. The van der Waals surface area contributed by atoms with Crippen molar-refractivity contribution >= 4 is 27.0 Å². The lowest BCUT2D eigenvalue weighted by Crippen LogP contribution is -2.27. The second-order valence-electron chi connectivity index (χ2n) is 4.15. The van der Waals surface area contributed by atoms with E-state index < -0.39 is 10.0 Å². The minimum absolute atomic E-state index is 0.249. The van der Waals surface area contributed by atoms with Crippen molar-refractivity contribution in [3.8, 4) is 0 Å². The molecule has 0 spiro atoms. The van der Waals surface area contributed by atoms with Gasteiger partial charge in [0.15, 0.2) is 0 Å². The second kappa shape index (κ2) is 5.73. The maximum atomic E-state index is 12.4.